The summed E-state index contributed by atoms with van der Waals surface area (Å²) in [5.74, 6) is 0. The predicted molar refractivity (Wildman–Crippen MR) is 100.0 cm³/mol. The van der Waals surface area contributed by atoms with Crippen molar-refractivity contribution < 1.29 is 0 Å². The first kappa shape index (κ1) is 13.8. The summed E-state index contributed by atoms with van der Waals surface area (Å²) in [6, 6.07) is 14.7. The van der Waals surface area contributed by atoms with E-state index in [9.17, 15) is 0 Å². The largest absolute Gasteiger partial charge is 0.0622 e. The molecule has 0 aliphatic heterocycles. The smallest absolute Gasteiger partial charge is 0.0403 e. The van der Waals surface area contributed by atoms with Gasteiger partial charge < -0.3 is 0 Å². The van der Waals surface area contributed by atoms with E-state index in [1.807, 2.05) is 6.07 Å². The maximum absolute atomic E-state index is 2.41. The number of hydrogen-bond donors (Lipinski definition) is 0. The van der Waals surface area contributed by atoms with Crippen molar-refractivity contribution in [3.05, 3.63) is 64.3 Å². The van der Waals surface area contributed by atoms with Gasteiger partial charge in [-0.15, -0.1) is 0 Å². The Morgan fingerprint density at radius 1 is 0.706 bits per heavy atom. The third-order valence-electron chi connectivity index (χ3n) is 2.32. The van der Waals surface area contributed by atoms with Crippen LogP contribution in [0, 0.1) is 10.7 Å². The van der Waals surface area contributed by atoms with Gasteiger partial charge in [0.05, 0.1) is 0 Å². The van der Waals surface area contributed by atoms with E-state index in [4.69, 9.17) is 0 Å². The highest BCUT2D eigenvalue weighted by Crippen LogP contribution is 2.25. The van der Waals surface area contributed by atoms with Gasteiger partial charge in [0, 0.05) is 10.7 Å². The Morgan fingerprint density at radius 2 is 1.41 bits per heavy atom. The minimum Gasteiger partial charge on any atom is -0.0622 e. The summed E-state index contributed by atoms with van der Waals surface area (Å²) in [4.78, 5) is 0. The lowest BCUT2D eigenvalue weighted by atomic mass is 10.1. The van der Waals surface area contributed by atoms with Crippen molar-refractivity contribution in [2.45, 2.75) is 0 Å². The number of hydrogen-bond acceptors (Lipinski definition) is 0. The van der Waals surface area contributed by atoms with Crippen LogP contribution < -0.4 is 0 Å². The van der Waals surface area contributed by atoms with Gasteiger partial charge in [0.1, 0.15) is 0 Å². The molecule has 0 atom stereocenters. The van der Waals surface area contributed by atoms with E-state index in [-0.39, 0.29) is 0 Å². The zero-order valence-electron chi connectivity index (χ0n) is 8.83. The van der Waals surface area contributed by atoms with Gasteiger partial charge in [0.25, 0.3) is 0 Å². The first-order valence-corrected chi connectivity index (χ1v) is 8.29. The van der Waals surface area contributed by atoms with Crippen LogP contribution in [0.5, 0.6) is 0 Å². The normalized spacial score (nSPS) is 11.0. The Kier molecular flexibility index (Phi) is 5.28. The SMILES string of the molecule is Ic1ccc(C=Cc2ccccc2)c(I)c1I. The monoisotopic (exact) mass is 558 g/mol. The molecule has 0 spiro atoms. The minimum absolute atomic E-state index is 1.23. The molecule has 0 aliphatic rings. The van der Waals surface area contributed by atoms with Crippen molar-refractivity contribution in [2.24, 2.45) is 0 Å². The van der Waals surface area contributed by atoms with Crippen molar-refractivity contribution in [1.82, 2.24) is 0 Å². The third-order valence-corrected chi connectivity index (χ3v) is 7.57. The predicted octanol–water partition coefficient (Wildman–Crippen LogP) is 5.67. The van der Waals surface area contributed by atoms with Crippen LogP contribution in [0.1, 0.15) is 11.1 Å². The molecule has 86 valence electrons. The van der Waals surface area contributed by atoms with Crippen LogP contribution in [0.3, 0.4) is 0 Å². The highest BCUT2D eigenvalue weighted by atomic mass is 127. The quantitative estimate of drug-likeness (QED) is 0.254. The molecule has 0 unspecified atom stereocenters. The molecule has 2 aromatic rings. The molecule has 0 aliphatic carbocycles. The van der Waals surface area contributed by atoms with E-state index in [0.29, 0.717) is 0 Å². The fraction of sp³-hybridized carbons (Fsp3) is 0. The molecule has 0 aromatic heterocycles. The second-order valence-corrected chi connectivity index (χ2v) is 6.83. The molecule has 17 heavy (non-hydrogen) atoms. The molecule has 0 bridgehead atoms. The topological polar surface area (TPSA) is 0 Å². The van der Waals surface area contributed by atoms with Crippen LogP contribution in [0.15, 0.2) is 42.5 Å². The Morgan fingerprint density at radius 3 is 2.12 bits per heavy atom. The van der Waals surface area contributed by atoms with Gasteiger partial charge in [0.2, 0.25) is 0 Å². The lowest BCUT2D eigenvalue weighted by Gasteiger charge is -2.03. The molecular weight excluding hydrogens is 549 g/mol. The highest BCUT2D eigenvalue weighted by Gasteiger charge is 2.04. The summed E-state index contributed by atoms with van der Waals surface area (Å²) in [7, 11) is 0. The van der Waals surface area contributed by atoms with E-state index in [2.05, 4.69) is 116 Å². The number of rotatable bonds is 2. The van der Waals surface area contributed by atoms with Gasteiger partial charge in [-0.2, -0.15) is 0 Å². The van der Waals surface area contributed by atoms with Gasteiger partial charge in [0.15, 0.2) is 0 Å². The Labute approximate surface area is 142 Å². The Hall–Kier alpha value is 0.370. The molecule has 0 radical (unpaired) electrons. The van der Waals surface area contributed by atoms with Gasteiger partial charge >= 0.3 is 0 Å². The van der Waals surface area contributed by atoms with Crippen LogP contribution in [0.25, 0.3) is 12.2 Å². The van der Waals surface area contributed by atoms with Crippen molar-refractivity contribution in [2.75, 3.05) is 0 Å². The molecule has 0 fully saturated rings. The van der Waals surface area contributed by atoms with Gasteiger partial charge in [-0.3, -0.25) is 0 Å². The average molecular weight is 558 g/mol. The average Bonchev–Trinajstić information content (AvgIpc) is 2.36. The van der Waals surface area contributed by atoms with E-state index < -0.39 is 0 Å². The lowest BCUT2D eigenvalue weighted by molar-refractivity contribution is 1.49. The summed E-state index contributed by atoms with van der Waals surface area (Å²) in [6.45, 7) is 0. The Bertz CT molecular complexity index is 545. The highest BCUT2D eigenvalue weighted by molar-refractivity contribution is 14.1. The molecule has 0 saturated carbocycles. The van der Waals surface area contributed by atoms with Crippen LogP contribution in [-0.2, 0) is 0 Å². The summed E-state index contributed by atoms with van der Waals surface area (Å²) in [6.07, 6.45) is 4.33. The summed E-state index contributed by atoms with van der Waals surface area (Å²) < 4.78 is 3.96. The molecule has 2 aromatic carbocycles. The van der Waals surface area contributed by atoms with Crippen LogP contribution >= 0.6 is 67.8 Å². The van der Waals surface area contributed by atoms with E-state index in [0.717, 1.165) is 0 Å². The molecule has 0 nitrogen and oxygen atoms in total. The zero-order valence-corrected chi connectivity index (χ0v) is 15.3. The maximum Gasteiger partial charge on any atom is 0.0403 e. The van der Waals surface area contributed by atoms with Crippen LogP contribution in [-0.4, -0.2) is 0 Å². The molecule has 0 N–H and O–H groups in total. The van der Waals surface area contributed by atoms with Crippen molar-refractivity contribution in [3.63, 3.8) is 0 Å². The number of halogens is 3. The summed E-state index contributed by atoms with van der Waals surface area (Å²) in [5, 5.41) is 0. The Balaban J connectivity index is 2.31. The van der Waals surface area contributed by atoms with E-state index >= 15 is 0 Å². The molecule has 0 amide bonds. The standard InChI is InChI=1S/C14H9I3/c15-12-9-8-11(13(16)14(12)17)7-6-10-4-2-1-3-5-10/h1-9H. The molecule has 2 rings (SSSR count). The van der Waals surface area contributed by atoms with E-state index in [1.54, 1.807) is 0 Å². The fourth-order valence-corrected chi connectivity index (χ4v) is 3.53. The first-order valence-electron chi connectivity index (χ1n) is 5.05. The second-order valence-electron chi connectivity index (χ2n) is 3.51. The second kappa shape index (κ2) is 6.51. The van der Waals surface area contributed by atoms with Crippen LogP contribution in [0.4, 0.5) is 0 Å². The van der Waals surface area contributed by atoms with Gasteiger partial charge in [-0.1, -0.05) is 48.6 Å². The summed E-state index contributed by atoms with van der Waals surface area (Å²) >= 11 is 7.18. The zero-order chi connectivity index (χ0) is 12.3. The van der Waals surface area contributed by atoms with Crippen molar-refractivity contribution >= 4 is 79.9 Å². The minimum atomic E-state index is 1.23. The summed E-state index contributed by atoms with van der Waals surface area (Å²) in [5.41, 5.74) is 2.51. The molecule has 0 saturated heterocycles. The molecule has 0 heterocycles. The molecule has 3 heteroatoms. The van der Waals surface area contributed by atoms with Crippen LogP contribution in [0.2, 0.25) is 0 Å². The third kappa shape index (κ3) is 3.66. The first-order chi connectivity index (χ1) is 8.18. The van der Waals surface area contributed by atoms with Crippen molar-refractivity contribution in [1.29, 1.82) is 0 Å². The number of benzene rings is 2. The molecular formula is C14H9I3. The van der Waals surface area contributed by atoms with Crippen molar-refractivity contribution in [3.8, 4) is 0 Å². The fourth-order valence-electron chi connectivity index (χ4n) is 1.42. The maximum atomic E-state index is 2.41. The van der Waals surface area contributed by atoms with Gasteiger partial charge in [-0.05, 0) is 85.0 Å². The lowest BCUT2D eigenvalue weighted by Crippen LogP contribution is -1.88. The van der Waals surface area contributed by atoms with E-state index in [1.165, 1.54) is 21.8 Å². The van der Waals surface area contributed by atoms with Gasteiger partial charge in [-0.25, -0.2) is 0 Å².